The zero-order valence-corrected chi connectivity index (χ0v) is 23.9. The number of rotatable bonds is 9. The van der Waals surface area contributed by atoms with Crippen LogP contribution < -0.4 is 10.1 Å². The molecule has 3 amide bonds. The van der Waals surface area contributed by atoms with Crippen LogP contribution in [0.15, 0.2) is 72.8 Å². The molecule has 2 bridgehead atoms. The van der Waals surface area contributed by atoms with E-state index in [4.69, 9.17) is 9.47 Å². The van der Waals surface area contributed by atoms with Gasteiger partial charge in [0.05, 0.1) is 18.4 Å². The average Bonchev–Trinajstić information content (AvgIpc) is 3.25. The van der Waals surface area contributed by atoms with Gasteiger partial charge >= 0.3 is 5.97 Å². The van der Waals surface area contributed by atoms with E-state index in [2.05, 4.69) is 5.32 Å². The van der Waals surface area contributed by atoms with Gasteiger partial charge in [-0.2, -0.15) is 0 Å². The van der Waals surface area contributed by atoms with E-state index < -0.39 is 36.4 Å². The monoisotopic (exact) mass is 566 g/mol. The van der Waals surface area contributed by atoms with E-state index in [-0.39, 0.29) is 36.0 Å². The number of amides is 3. The molecule has 42 heavy (non-hydrogen) atoms. The first-order valence-corrected chi connectivity index (χ1v) is 14.5. The molecule has 0 radical (unpaired) electrons. The standard InChI is InChI=1S/C34H34N2O6/c1-4-41-21-15-13-20(14-16-21)35-27(37)18-42-34(40)26(17-19(2)3)36-32(38)30-28-22-9-5-6-10-23(22)29(31(30)33(36)39)25-12-8-7-11-24(25)28/h5-16,19,26,28-31H,4,17-18H2,1-3H3,(H,35,37)/t26-,28?,29?,30-,31+/m0/s1. The van der Waals surface area contributed by atoms with Gasteiger partial charge in [0.2, 0.25) is 11.8 Å². The van der Waals surface area contributed by atoms with Gasteiger partial charge in [0.15, 0.2) is 6.61 Å². The van der Waals surface area contributed by atoms with Crippen molar-refractivity contribution in [2.24, 2.45) is 17.8 Å². The maximum Gasteiger partial charge on any atom is 0.329 e. The van der Waals surface area contributed by atoms with Crippen LogP contribution in [0.2, 0.25) is 0 Å². The summed E-state index contributed by atoms with van der Waals surface area (Å²) in [7, 11) is 0. The number of hydrogen-bond donors (Lipinski definition) is 1. The summed E-state index contributed by atoms with van der Waals surface area (Å²) >= 11 is 0. The Hall–Kier alpha value is -4.46. The summed E-state index contributed by atoms with van der Waals surface area (Å²) in [5.41, 5.74) is 4.80. The summed E-state index contributed by atoms with van der Waals surface area (Å²) in [6, 6.07) is 21.8. The smallest absolute Gasteiger partial charge is 0.329 e. The number of anilines is 1. The van der Waals surface area contributed by atoms with Crippen molar-refractivity contribution in [1.29, 1.82) is 0 Å². The lowest BCUT2D eigenvalue weighted by molar-refractivity contribution is -0.160. The Morgan fingerprint density at radius 1 is 0.810 bits per heavy atom. The van der Waals surface area contributed by atoms with Crippen molar-refractivity contribution in [2.75, 3.05) is 18.5 Å². The lowest BCUT2D eigenvalue weighted by Crippen LogP contribution is -2.47. The van der Waals surface area contributed by atoms with Crippen molar-refractivity contribution < 1.29 is 28.7 Å². The van der Waals surface area contributed by atoms with Crippen molar-refractivity contribution in [1.82, 2.24) is 4.90 Å². The second-order valence-electron chi connectivity index (χ2n) is 11.6. The van der Waals surface area contributed by atoms with E-state index in [9.17, 15) is 19.2 Å². The predicted octanol–water partition coefficient (Wildman–Crippen LogP) is 4.87. The van der Waals surface area contributed by atoms with E-state index in [1.807, 2.05) is 69.3 Å². The molecule has 8 heteroatoms. The van der Waals surface area contributed by atoms with Crippen LogP contribution in [0, 0.1) is 17.8 Å². The Labute approximate surface area is 245 Å². The third-order valence-electron chi connectivity index (χ3n) is 8.56. The molecule has 0 unspecified atom stereocenters. The lowest BCUT2D eigenvalue weighted by Gasteiger charge is -2.45. The Bertz CT molecular complexity index is 1430. The number of likely N-dealkylation sites (tertiary alicyclic amines) is 1. The van der Waals surface area contributed by atoms with Crippen LogP contribution >= 0.6 is 0 Å². The van der Waals surface area contributed by atoms with E-state index in [0.29, 0.717) is 18.0 Å². The largest absolute Gasteiger partial charge is 0.494 e. The van der Waals surface area contributed by atoms with Crippen molar-refractivity contribution in [3.8, 4) is 5.75 Å². The first-order valence-electron chi connectivity index (χ1n) is 14.5. The number of carbonyl (C=O) groups is 4. The minimum absolute atomic E-state index is 0.00502. The lowest BCUT2D eigenvalue weighted by atomic mass is 9.55. The van der Waals surface area contributed by atoms with Gasteiger partial charge in [0.25, 0.3) is 5.91 Å². The molecular formula is C34H34N2O6. The first-order chi connectivity index (χ1) is 20.3. The van der Waals surface area contributed by atoms with E-state index >= 15 is 0 Å². The maximum absolute atomic E-state index is 14.1. The van der Waals surface area contributed by atoms with Crippen LogP contribution in [0.1, 0.15) is 61.3 Å². The fraction of sp³-hybridized carbons (Fsp3) is 0.353. The predicted molar refractivity (Wildman–Crippen MR) is 156 cm³/mol. The van der Waals surface area contributed by atoms with Gasteiger partial charge in [0.1, 0.15) is 11.8 Å². The topological polar surface area (TPSA) is 102 Å². The average molecular weight is 567 g/mol. The molecule has 3 aromatic rings. The zero-order chi connectivity index (χ0) is 29.5. The van der Waals surface area contributed by atoms with Gasteiger partial charge in [-0.25, -0.2) is 4.79 Å². The second kappa shape index (κ2) is 11.1. The summed E-state index contributed by atoms with van der Waals surface area (Å²) < 4.78 is 10.9. The summed E-state index contributed by atoms with van der Waals surface area (Å²) in [5, 5.41) is 2.69. The molecule has 0 aromatic heterocycles. The molecule has 8 nitrogen and oxygen atoms in total. The molecule has 7 rings (SSSR count). The fourth-order valence-corrected chi connectivity index (χ4v) is 6.99. The van der Waals surface area contributed by atoms with Gasteiger partial charge < -0.3 is 14.8 Å². The third kappa shape index (κ3) is 4.65. The summed E-state index contributed by atoms with van der Waals surface area (Å²) in [5.74, 6) is -2.98. The van der Waals surface area contributed by atoms with E-state index in [0.717, 1.165) is 27.2 Å². The molecule has 3 atom stereocenters. The number of carbonyl (C=O) groups excluding carboxylic acids is 4. The molecule has 3 aliphatic carbocycles. The SMILES string of the molecule is CCOc1ccc(NC(=O)COC(=O)[C@H](CC(C)C)N2C(=O)[C@@H]3C4c5ccccc5C(c5ccccc54)[C@@H]3C2=O)cc1. The number of benzene rings is 3. The van der Waals surface area contributed by atoms with E-state index in [1.54, 1.807) is 24.3 Å². The third-order valence-corrected chi connectivity index (χ3v) is 8.56. The number of ether oxygens (including phenoxy) is 2. The minimum Gasteiger partial charge on any atom is -0.494 e. The highest BCUT2D eigenvalue weighted by Gasteiger charge is 2.63. The molecule has 0 spiro atoms. The Morgan fingerprint density at radius 3 is 1.76 bits per heavy atom. The van der Waals surface area contributed by atoms with Crippen LogP contribution in [0.25, 0.3) is 0 Å². The van der Waals surface area contributed by atoms with Crippen molar-refractivity contribution in [3.63, 3.8) is 0 Å². The normalized spacial score (nSPS) is 22.3. The molecule has 4 aliphatic rings. The molecule has 1 aliphatic heterocycles. The molecule has 1 saturated heterocycles. The van der Waals surface area contributed by atoms with Crippen LogP contribution in [0.3, 0.4) is 0 Å². The number of nitrogens with zero attached hydrogens (tertiary/aromatic N) is 1. The van der Waals surface area contributed by atoms with Crippen LogP contribution in [0.5, 0.6) is 5.75 Å². The molecule has 216 valence electrons. The number of esters is 1. The van der Waals surface area contributed by atoms with Crippen LogP contribution in [-0.4, -0.2) is 47.8 Å². The van der Waals surface area contributed by atoms with Gasteiger partial charge in [-0.15, -0.1) is 0 Å². The fourth-order valence-electron chi connectivity index (χ4n) is 6.99. The Morgan fingerprint density at radius 2 is 1.31 bits per heavy atom. The van der Waals surface area contributed by atoms with Crippen molar-refractivity contribution in [3.05, 3.63) is 95.1 Å². The van der Waals surface area contributed by atoms with Crippen LogP contribution in [0.4, 0.5) is 5.69 Å². The molecule has 1 heterocycles. The molecular weight excluding hydrogens is 532 g/mol. The maximum atomic E-state index is 14.1. The molecule has 0 saturated carbocycles. The molecule has 3 aromatic carbocycles. The van der Waals surface area contributed by atoms with Crippen molar-refractivity contribution in [2.45, 2.75) is 45.1 Å². The number of imide groups is 1. The van der Waals surface area contributed by atoms with Gasteiger partial charge in [-0.1, -0.05) is 62.4 Å². The Kier molecular flexibility index (Phi) is 7.31. The number of hydrogen-bond acceptors (Lipinski definition) is 6. The second-order valence-corrected chi connectivity index (χ2v) is 11.6. The zero-order valence-electron chi connectivity index (χ0n) is 23.9. The molecule has 1 N–H and O–H groups in total. The summed E-state index contributed by atoms with van der Waals surface area (Å²) in [6.45, 7) is 5.73. The highest BCUT2D eigenvalue weighted by molar-refractivity contribution is 6.10. The first kappa shape index (κ1) is 27.7. The van der Waals surface area contributed by atoms with E-state index in [1.165, 1.54) is 0 Å². The number of nitrogens with one attached hydrogen (secondary N) is 1. The summed E-state index contributed by atoms with van der Waals surface area (Å²) in [6.07, 6.45) is 0.242. The van der Waals surface area contributed by atoms with Crippen molar-refractivity contribution >= 4 is 29.4 Å². The Balaban J connectivity index is 1.23. The van der Waals surface area contributed by atoms with Gasteiger partial charge in [-0.05, 0) is 65.8 Å². The quantitative estimate of drug-likeness (QED) is 0.293. The van der Waals surface area contributed by atoms with Gasteiger partial charge in [-0.3, -0.25) is 19.3 Å². The molecule has 1 fully saturated rings. The minimum atomic E-state index is -1.11. The van der Waals surface area contributed by atoms with Gasteiger partial charge in [0, 0.05) is 17.5 Å². The van der Waals surface area contributed by atoms with Crippen LogP contribution in [-0.2, 0) is 23.9 Å². The highest BCUT2D eigenvalue weighted by atomic mass is 16.5. The highest BCUT2D eigenvalue weighted by Crippen LogP contribution is 2.61. The summed E-state index contributed by atoms with van der Waals surface area (Å²) in [4.78, 5) is 55.5.